The van der Waals surface area contributed by atoms with Gasteiger partial charge >= 0.3 is 0 Å². The molecule has 1 aliphatic rings. The number of nitrogens with zero attached hydrogens (tertiary/aromatic N) is 1. The van der Waals surface area contributed by atoms with E-state index in [0.717, 1.165) is 19.4 Å². The third-order valence-electron chi connectivity index (χ3n) is 4.08. The van der Waals surface area contributed by atoms with Gasteiger partial charge in [0, 0.05) is 17.9 Å². The Labute approximate surface area is 130 Å². The van der Waals surface area contributed by atoms with Crippen molar-refractivity contribution in [2.45, 2.75) is 42.9 Å². The Bertz CT molecular complexity index is 640. The fourth-order valence-electron chi connectivity index (χ4n) is 2.89. The van der Waals surface area contributed by atoms with Gasteiger partial charge < -0.3 is 4.90 Å². The predicted octanol–water partition coefficient (Wildman–Crippen LogP) is 4.68. The standard InChI is InChI=1S/C18H21NOS/c1-14(19-12-6-2-3-9-18(19)20)21-17-11-10-15-7-4-5-8-16(15)13-17/h4-5,7-8,10-11,13-14H,2-3,6,9,12H2,1H3. The van der Waals surface area contributed by atoms with Gasteiger partial charge in [-0.2, -0.15) is 0 Å². The Kier molecular flexibility index (Phi) is 4.49. The number of carbonyl (C=O) groups excluding carboxylic acids is 1. The fraction of sp³-hybridized carbons (Fsp3) is 0.389. The largest absolute Gasteiger partial charge is 0.331 e. The van der Waals surface area contributed by atoms with Gasteiger partial charge in [0.1, 0.15) is 0 Å². The van der Waals surface area contributed by atoms with E-state index in [0.29, 0.717) is 12.3 Å². The molecular weight excluding hydrogens is 278 g/mol. The Morgan fingerprint density at radius 3 is 2.71 bits per heavy atom. The van der Waals surface area contributed by atoms with Gasteiger partial charge in [-0.3, -0.25) is 4.79 Å². The zero-order chi connectivity index (χ0) is 14.7. The smallest absolute Gasteiger partial charge is 0.223 e. The number of hydrogen-bond donors (Lipinski definition) is 0. The number of thioether (sulfide) groups is 1. The van der Waals surface area contributed by atoms with Crippen LogP contribution in [0.2, 0.25) is 0 Å². The lowest BCUT2D eigenvalue weighted by Gasteiger charge is -2.27. The van der Waals surface area contributed by atoms with E-state index in [1.807, 2.05) is 4.90 Å². The summed E-state index contributed by atoms with van der Waals surface area (Å²) in [6, 6.07) is 14.9. The van der Waals surface area contributed by atoms with E-state index in [9.17, 15) is 4.79 Å². The number of rotatable bonds is 3. The minimum atomic E-state index is 0.205. The molecule has 3 rings (SSSR count). The second-order valence-electron chi connectivity index (χ2n) is 5.62. The molecule has 0 radical (unpaired) electrons. The van der Waals surface area contributed by atoms with Crippen LogP contribution >= 0.6 is 11.8 Å². The summed E-state index contributed by atoms with van der Waals surface area (Å²) < 4.78 is 0. The highest BCUT2D eigenvalue weighted by atomic mass is 32.2. The number of likely N-dealkylation sites (tertiary alicyclic amines) is 1. The summed E-state index contributed by atoms with van der Waals surface area (Å²) in [4.78, 5) is 15.5. The molecule has 0 aliphatic carbocycles. The molecule has 0 saturated carbocycles. The van der Waals surface area contributed by atoms with Crippen molar-refractivity contribution in [1.29, 1.82) is 0 Å². The van der Waals surface area contributed by atoms with Gasteiger partial charge in [-0.25, -0.2) is 0 Å². The summed E-state index contributed by atoms with van der Waals surface area (Å²) >= 11 is 1.78. The highest BCUT2D eigenvalue weighted by molar-refractivity contribution is 7.99. The molecule has 0 bridgehead atoms. The van der Waals surface area contributed by atoms with Crippen molar-refractivity contribution in [2.75, 3.05) is 6.54 Å². The Hall–Kier alpha value is -1.48. The summed E-state index contributed by atoms with van der Waals surface area (Å²) in [5.41, 5.74) is 0. The summed E-state index contributed by atoms with van der Waals surface area (Å²) in [6.07, 6.45) is 4.06. The van der Waals surface area contributed by atoms with Crippen LogP contribution in [0.4, 0.5) is 0 Å². The molecule has 1 unspecified atom stereocenters. The van der Waals surface area contributed by atoms with E-state index in [1.54, 1.807) is 11.8 Å². The minimum absolute atomic E-state index is 0.205. The third-order valence-corrected chi connectivity index (χ3v) is 5.20. The molecule has 2 aromatic carbocycles. The zero-order valence-corrected chi connectivity index (χ0v) is 13.2. The number of fused-ring (bicyclic) bond motifs is 1. The topological polar surface area (TPSA) is 20.3 Å². The van der Waals surface area contributed by atoms with Crippen molar-refractivity contribution in [3.63, 3.8) is 0 Å². The van der Waals surface area contributed by atoms with Crippen molar-refractivity contribution in [3.8, 4) is 0 Å². The number of carbonyl (C=O) groups is 1. The van der Waals surface area contributed by atoms with Gasteiger partial charge in [0.2, 0.25) is 5.91 Å². The predicted molar refractivity (Wildman–Crippen MR) is 89.4 cm³/mol. The first-order valence-electron chi connectivity index (χ1n) is 7.69. The molecule has 1 fully saturated rings. The normalized spacial score (nSPS) is 17.8. The molecule has 21 heavy (non-hydrogen) atoms. The first-order chi connectivity index (χ1) is 10.2. The van der Waals surface area contributed by atoms with Crippen LogP contribution in [0.15, 0.2) is 47.4 Å². The zero-order valence-electron chi connectivity index (χ0n) is 12.4. The SMILES string of the molecule is CC(Sc1ccc2ccccc2c1)N1CCCCCC1=O. The summed E-state index contributed by atoms with van der Waals surface area (Å²) in [5.74, 6) is 0.313. The molecule has 1 aliphatic heterocycles. The average Bonchev–Trinajstić information content (AvgIpc) is 2.71. The first kappa shape index (κ1) is 14.5. The van der Waals surface area contributed by atoms with E-state index < -0.39 is 0 Å². The Balaban J connectivity index is 1.75. The number of benzene rings is 2. The monoisotopic (exact) mass is 299 g/mol. The molecule has 2 aromatic rings. The molecule has 0 spiro atoms. The van der Waals surface area contributed by atoms with Gasteiger partial charge in [-0.15, -0.1) is 11.8 Å². The molecule has 1 heterocycles. The van der Waals surface area contributed by atoms with Crippen LogP contribution in [-0.4, -0.2) is 22.7 Å². The number of hydrogen-bond acceptors (Lipinski definition) is 2. The van der Waals surface area contributed by atoms with Gasteiger partial charge in [-0.1, -0.05) is 36.8 Å². The maximum Gasteiger partial charge on any atom is 0.223 e. The van der Waals surface area contributed by atoms with Gasteiger partial charge in [0.25, 0.3) is 0 Å². The number of amides is 1. The van der Waals surface area contributed by atoms with Crippen LogP contribution in [-0.2, 0) is 4.79 Å². The molecule has 2 nitrogen and oxygen atoms in total. The molecule has 1 atom stereocenters. The lowest BCUT2D eigenvalue weighted by molar-refractivity contribution is -0.131. The first-order valence-corrected chi connectivity index (χ1v) is 8.57. The summed E-state index contributed by atoms with van der Waals surface area (Å²) in [7, 11) is 0. The van der Waals surface area contributed by atoms with Crippen molar-refractivity contribution in [1.82, 2.24) is 4.90 Å². The van der Waals surface area contributed by atoms with Crippen molar-refractivity contribution in [3.05, 3.63) is 42.5 Å². The Morgan fingerprint density at radius 1 is 1.05 bits per heavy atom. The molecular formula is C18H21NOS. The summed E-state index contributed by atoms with van der Waals surface area (Å²) in [6.45, 7) is 3.05. The third kappa shape index (κ3) is 3.41. The fourth-order valence-corrected chi connectivity index (χ4v) is 3.98. The van der Waals surface area contributed by atoms with E-state index >= 15 is 0 Å². The molecule has 110 valence electrons. The van der Waals surface area contributed by atoms with Gasteiger partial charge in [0.05, 0.1) is 5.37 Å². The second-order valence-corrected chi connectivity index (χ2v) is 7.01. The molecule has 0 aromatic heterocycles. The van der Waals surface area contributed by atoms with E-state index in [-0.39, 0.29) is 5.37 Å². The highest BCUT2D eigenvalue weighted by Gasteiger charge is 2.22. The van der Waals surface area contributed by atoms with E-state index in [1.165, 1.54) is 22.1 Å². The van der Waals surface area contributed by atoms with Crippen molar-refractivity contribution < 1.29 is 4.79 Å². The van der Waals surface area contributed by atoms with Crippen LogP contribution < -0.4 is 0 Å². The summed E-state index contributed by atoms with van der Waals surface area (Å²) in [5, 5.41) is 2.73. The Morgan fingerprint density at radius 2 is 1.86 bits per heavy atom. The van der Waals surface area contributed by atoms with Crippen LogP contribution in [0, 0.1) is 0 Å². The lowest BCUT2D eigenvalue weighted by Crippen LogP contribution is -2.36. The maximum atomic E-state index is 12.2. The maximum absolute atomic E-state index is 12.2. The van der Waals surface area contributed by atoms with Gasteiger partial charge in [0.15, 0.2) is 0 Å². The van der Waals surface area contributed by atoms with Crippen LogP contribution in [0.5, 0.6) is 0 Å². The van der Waals surface area contributed by atoms with Crippen LogP contribution in [0.1, 0.15) is 32.6 Å². The average molecular weight is 299 g/mol. The second kappa shape index (κ2) is 6.52. The van der Waals surface area contributed by atoms with Crippen molar-refractivity contribution in [2.24, 2.45) is 0 Å². The van der Waals surface area contributed by atoms with Gasteiger partial charge in [-0.05, 0) is 42.7 Å². The lowest BCUT2D eigenvalue weighted by atomic mass is 10.1. The molecule has 3 heteroatoms. The molecule has 1 saturated heterocycles. The van der Waals surface area contributed by atoms with Crippen molar-refractivity contribution >= 4 is 28.4 Å². The quantitative estimate of drug-likeness (QED) is 0.767. The van der Waals surface area contributed by atoms with E-state index in [2.05, 4.69) is 49.4 Å². The molecule has 1 amide bonds. The highest BCUT2D eigenvalue weighted by Crippen LogP contribution is 2.30. The minimum Gasteiger partial charge on any atom is -0.331 e. The van der Waals surface area contributed by atoms with E-state index in [4.69, 9.17) is 0 Å². The van der Waals surface area contributed by atoms with Crippen LogP contribution in [0.25, 0.3) is 10.8 Å². The molecule has 0 N–H and O–H groups in total. The van der Waals surface area contributed by atoms with Crippen LogP contribution in [0.3, 0.4) is 0 Å².